The quantitative estimate of drug-likeness (QED) is 0.848. The first-order valence-electron chi connectivity index (χ1n) is 6.32. The van der Waals surface area contributed by atoms with Crippen LogP contribution in [0, 0.1) is 5.92 Å². The van der Waals surface area contributed by atoms with Crippen LogP contribution in [0.2, 0.25) is 0 Å². The van der Waals surface area contributed by atoms with Crippen molar-refractivity contribution < 1.29 is 9.47 Å². The molecule has 2 rings (SSSR count). The van der Waals surface area contributed by atoms with Crippen molar-refractivity contribution in [2.45, 2.75) is 25.6 Å². The van der Waals surface area contributed by atoms with E-state index in [1.807, 2.05) is 18.2 Å². The van der Waals surface area contributed by atoms with Crippen molar-refractivity contribution in [3.05, 3.63) is 35.9 Å². The summed E-state index contributed by atoms with van der Waals surface area (Å²) < 4.78 is 11.4. The number of hydrogen-bond acceptors (Lipinski definition) is 3. The molecular weight excluding hydrogens is 214 g/mol. The lowest BCUT2D eigenvalue weighted by Crippen LogP contribution is -2.33. The predicted octanol–water partition coefficient (Wildman–Crippen LogP) is 1.96. The van der Waals surface area contributed by atoms with Gasteiger partial charge in [-0.1, -0.05) is 30.3 Å². The van der Waals surface area contributed by atoms with E-state index in [2.05, 4.69) is 12.1 Å². The van der Waals surface area contributed by atoms with E-state index >= 15 is 0 Å². The molecule has 1 fully saturated rings. The van der Waals surface area contributed by atoms with Gasteiger partial charge < -0.3 is 15.2 Å². The summed E-state index contributed by atoms with van der Waals surface area (Å²) in [7, 11) is 0. The third-order valence-corrected chi connectivity index (χ3v) is 3.19. The summed E-state index contributed by atoms with van der Waals surface area (Å²) >= 11 is 0. The second-order valence-corrected chi connectivity index (χ2v) is 4.64. The summed E-state index contributed by atoms with van der Waals surface area (Å²) in [5, 5.41) is 0. The normalized spacial score (nSPS) is 24.8. The Bertz CT molecular complexity index is 307. The second-order valence-electron chi connectivity index (χ2n) is 4.64. The van der Waals surface area contributed by atoms with Crippen LogP contribution in [-0.2, 0) is 16.1 Å². The molecule has 1 aliphatic heterocycles. The maximum atomic E-state index is 5.72. The molecular formula is C14H21NO2. The van der Waals surface area contributed by atoms with Gasteiger partial charge in [0.25, 0.3) is 0 Å². The SMILES string of the molecule is NC[C@H]1CC[C@H](COCc2ccccc2)CO1. The average Bonchev–Trinajstić information content (AvgIpc) is 2.41. The molecule has 17 heavy (non-hydrogen) atoms. The molecule has 1 aliphatic rings. The van der Waals surface area contributed by atoms with Crippen molar-refractivity contribution in [2.75, 3.05) is 19.8 Å². The maximum Gasteiger partial charge on any atom is 0.0717 e. The number of rotatable bonds is 5. The minimum Gasteiger partial charge on any atom is -0.377 e. The van der Waals surface area contributed by atoms with E-state index in [0.717, 1.165) is 26.1 Å². The van der Waals surface area contributed by atoms with E-state index in [0.29, 0.717) is 19.1 Å². The van der Waals surface area contributed by atoms with Crippen LogP contribution >= 0.6 is 0 Å². The molecule has 0 amide bonds. The van der Waals surface area contributed by atoms with Gasteiger partial charge in [0.15, 0.2) is 0 Å². The van der Waals surface area contributed by atoms with E-state index in [9.17, 15) is 0 Å². The first-order valence-corrected chi connectivity index (χ1v) is 6.32. The largest absolute Gasteiger partial charge is 0.377 e. The molecule has 0 bridgehead atoms. The van der Waals surface area contributed by atoms with Crippen LogP contribution in [0.4, 0.5) is 0 Å². The van der Waals surface area contributed by atoms with Crippen molar-refractivity contribution in [2.24, 2.45) is 11.7 Å². The van der Waals surface area contributed by atoms with E-state index in [1.165, 1.54) is 5.56 Å². The van der Waals surface area contributed by atoms with Gasteiger partial charge in [-0.15, -0.1) is 0 Å². The van der Waals surface area contributed by atoms with Gasteiger partial charge in [0, 0.05) is 12.5 Å². The fraction of sp³-hybridized carbons (Fsp3) is 0.571. The molecule has 0 spiro atoms. The minimum atomic E-state index is 0.264. The van der Waals surface area contributed by atoms with Crippen molar-refractivity contribution in [1.82, 2.24) is 0 Å². The molecule has 3 nitrogen and oxygen atoms in total. The molecule has 94 valence electrons. The van der Waals surface area contributed by atoms with Gasteiger partial charge in [0.2, 0.25) is 0 Å². The van der Waals surface area contributed by atoms with E-state index in [4.69, 9.17) is 15.2 Å². The molecule has 1 aromatic carbocycles. The smallest absolute Gasteiger partial charge is 0.0717 e. The van der Waals surface area contributed by atoms with Gasteiger partial charge >= 0.3 is 0 Å². The fourth-order valence-electron chi connectivity index (χ4n) is 2.10. The molecule has 0 unspecified atom stereocenters. The summed E-state index contributed by atoms with van der Waals surface area (Å²) in [4.78, 5) is 0. The zero-order valence-electron chi connectivity index (χ0n) is 10.2. The van der Waals surface area contributed by atoms with Crippen LogP contribution in [0.15, 0.2) is 30.3 Å². The van der Waals surface area contributed by atoms with Crippen molar-refractivity contribution >= 4 is 0 Å². The highest BCUT2D eigenvalue weighted by molar-refractivity contribution is 5.13. The summed E-state index contributed by atoms with van der Waals surface area (Å²) in [5.41, 5.74) is 6.79. The lowest BCUT2D eigenvalue weighted by molar-refractivity contribution is -0.0403. The summed E-state index contributed by atoms with van der Waals surface area (Å²) in [6, 6.07) is 10.3. The Hall–Kier alpha value is -0.900. The summed E-state index contributed by atoms with van der Waals surface area (Å²) in [5.74, 6) is 0.529. The number of nitrogens with two attached hydrogens (primary N) is 1. The van der Waals surface area contributed by atoms with Gasteiger partial charge in [0.05, 0.1) is 25.9 Å². The fourth-order valence-corrected chi connectivity index (χ4v) is 2.10. The van der Waals surface area contributed by atoms with Crippen LogP contribution in [-0.4, -0.2) is 25.9 Å². The highest BCUT2D eigenvalue weighted by Gasteiger charge is 2.20. The highest BCUT2D eigenvalue weighted by Crippen LogP contribution is 2.18. The van der Waals surface area contributed by atoms with Crippen LogP contribution < -0.4 is 5.73 Å². The third kappa shape index (κ3) is 4.11. The average molecular weight is 235 g/mol. The predicted molar refractivity (Wildman–Crippen MR) is 67.6 cm³/mol. The maximum absolute atomic E-state index is 5.72. The number of benzene rings is 1. The lowest BCUT2D eigenvalue weighted by Gasteiger charge is -2.28. The first kappa shape index (κ1) is 12.6. The molecule has 1 heterocycles. The lowest BCUT2D eigenvalue weighted by atomic mass is 9.99. The molecule has 0 aromatic heterocycles. The Labute approximate surface area is 103 Å². The molecule has 2 N–H and O–H groups in total. The zero-order valence-corrected chi connectivity index (χ0v) is 10.2. The zero-order chi connectivity index (χ0) is 11.9. The molecule has 1 saturated heterocycles. The van der Waals surface area contributed by atoms with Gasteiger partial charge in [-0.25, -0.2) is 0 Å². The highest BCUT2D eigenvalue weighted by atomic mass is 16.5. The van der Waals surface area contributed by atoms with Gasteiger partial charge in [0.1, 0.15) is 0 Å². The van der Waals surface area contributed by atoms with E-state index in [-0.39, 0.29) is 6.10 Å². The van der Waals surface area contributed by atoms with Crippen molar-refractivity contribution in [3.8, 4) is 0 Å². The molecule has 0 aliphatic carbocycles. The van der Waals surface area contributed by atoms with Crippen LogP contribution in [0.5, 0.6) is 0 Å². The standard InChI is InChI=1S/C14H21NO2/c15-8-14-7-6-13(11-17-14)10-16-9-12-4-2-1-3-5-12/h1-5,13-14H,6-11,15H2/t13-,14-/m1/s1. The topological polar surface area (TPSA) is 44.5 Å². The molecule has 2 atom stereocenters. The Morgan fingerprint density at radius 3 is 2.71 bits per heavy atom. The number of ether oxygens (including phenoxy) is 2. The van der Waals surface area contributed by atoms with Crippen LogP contribution in [0.25, 0.3) is 0 Å². The van der Waals surface area contributed by atoms with Gasteiger partial charge in [-0.3, -0.25) is 0 Å². The molecule has 3 heteroatoms. The van der Waals surface area contributed by atoms with Crippen LogP contribution in [0.3, 0.4) is 0 Å². The Balaban J connectivity index is 1.63. The van der Waals surface area contributed by atoms with Crippen molar-refractivity contribution in [1.29, 1.82) is 0 Å². The molecule has 0 radical (unpaired) electrons. The Morgan fingerprint density at radius 2 is 2.06 bits per heavy atom. The second kappa shape index (κ2) is 6.74. The monoisotopic (exact) mass is 235 g/mol. The Kier molecular flexibility index (Phi) is 4.98. The number of hydrogen-bond donors (Lipinski definition) is 1. The van der Waals surface area contributed by atoms with E-state index < -0.39 is 0 Å². The summed E-state index contributed by atoms with van der Waals surface area (Å²) in [6.07, 6.45) is 2.49. The summed E-state index contributed by atoms with van der Waals surface area (Å²) in [6.45, 7) is 2.90. The minimum absolute atomic E-state index is 0.264. The van der Waals surface area contributed by atoms with Crippen molar-refractivity contribution in [3.63, 3.8) is 0 Å². The van der Waals surface area contributed by atoms with Crippen LogP contribution in [0.1, 0.15) is 18.4 Å². The third-order valence-electron chi connectivity index (χ3n) is 3.19. The van der Waals surface area contributed by atoms with E-state index in [1.54, 1.807) is 0 Å². The Morgan fingerprint density at radius 1 is 1.24 bits per heavy atom. The first-order chi connectivity index (χ1) is 8.38. The van der Waals surface area contributed by atoms with Gasteiger partial charge in [-0.2, -0.15) is 0 Å². The molecule has 1 aromatic rings. The van der Waals surface area contributed by atoms with Gasteiger partial charge in [-0.05, 0) is 18.4 Å². The molecule has 0 saturated carbocycles.